The summed E-state index contributed by atoms with van der Waals surface area (Å²) in [5.74, 6) is -0.692. The lowest BCUT2D eigenvalue weighted by molar-refractivity contribution is 0.234. The van der Waals surface area contributed by atoms with Crippen LogP contribution in [0.2, 0.25) is 0 Å². The van der Waals surface area contributed by atoms with Crippen LogP contribution in [0, 0.1) is 24.0 Å². The van der Waals surface area contributed by atoms with E-state index < -0.39 is 11.6 Å². The molecule has 8 heteroatoms. The van der Waals surface area contributed by atoms with Crippen LogP contribution < -0.4 is 5.32 Å². The molecule has 1 atom stereocenters. The van der Waals surface area contributed by atoms with Crippen LogP contribution in [0.15, 0.2) is 18.5 Å². The number of rotatable bonds is 5. The molecule has 0 radical (unpaired) electrons. The quantitative estimate of drug-likeness (QED) is 0.631. The van der Waals surface area contributed by atoms with Gasteiger partial charge >= 0.3 is 0 Å². The molecule has 0 saturated heterocycles. The third-order valence-electron chi connectivity index (χ3n) is 4.53. The Morgan fingerprint density at radius 1 is 1.26 bits per heavy atom. The molecule has 3 N–H and O–H groups in total. The molecule has 0 saturated carbocycles. The Labute approximate surface area is 156 Å². The van der Waals surface area contributed by atoms with Gasteiger partial charge in [0.1, 0.15) is 11.5 Å². The van der Waals surface area contributed by atoms with Crippen LogP contribution in [0.25, 0.3) is 22.4 Å². The van der Waals surface area contributed by atoms with Crippen molar-refractivity contribution in [3.63, 3.8) is 0 Å². The molecule has 0 amide bonds. The van der Waals surface area contributed by atoms with E-state index in [2.05, 4.69) is 25.3 Å². The van der Waals surface area contributed by atoms with Crippen LogP contribution in [0.4, 0.5) is 14.6 Å². The van der Waals surface area contributed by atoms with E-state index in [1.54, 1.807) is 13.1 Å². The van der Waals surface area contributed by atoms with Gasteiger partial charge in [0, 0.05) is 29.8 Å². The molecule has 27 heavy (non-hydrogen) atoms. The second kappa shape index (κ2) is 7.19. The van der Waals surface area contributed by atoms with Crippen molar-refractivity contribution in [1.29, 1.82) is 0 Å². The van der Waals surface area contributed by atoms with E-state index in [0.717, 1.165) is 6.20 Å². The van der Waals surface area contributed by atoms with E-state index >= 15 is 0 Å². The molecule has 3 aromatic rings. The fourth-order valence-electron chi connectivity index (χ4n) is 2.95. The Morgan fingerprint density at radius 2 is 2.00 bits per heavy atom. The van der Waals surface area contributed by atoms with E-state index in [1.165, 1.54) is 6.07 Å². The highest BCUT2D eigenvalue weighted by Gasteiger charge is 2.26. The predicted octanol–water partition coefficient (Wildman–Crippen LogP) is 3.82. The number of hydrogen-bond donors (Lipinski definition) is 3. The first kappa shape index (κ1) is 19.2. The van der Waals surface area contributed by atoms with Crippen molar-refractivity contribution in [2.75, 3.05) is 11.9 Å². The normalized spacial score (nSPS) is 13.1. The van der Waals surface area contributed by atoms with Gasteiger partial charge in [0.15, 0.2) is 17.5 Å². The Balaban J connectivity index is 2.07. The summed E-state index contributed by atoms with van der Waals surface area (Å²) >= 11 is 0. The summed E-state index contributed by atoms with van der Waals surface area (Å²) in [6.45, 7) is 7.53. The Bertz CT molecular complexity index is 965. The van der Waals surface area contributed by atoms with Gasteiger partial charge in [0.2, 0.25) is 0 Å². The lowest BCUT2D eigenvalue weighted by atomic mass is 9.85. The van der Waals surface area contributed by atoms with Crippen LogP contribution in [0.3, 0.4) is 0 Å². The van der Waals surface area contributed by atoms with Gasteiger partial charge < -0.3 is 15.4 Å². The molecular formula is C19H23F2N5O. The number of nitrogens with one attached hydrogen (secondary N) is 2. The number of aromatic nitrogens is 4. The number of anilines is 1. The van der Waals surface area contributed by atoms with E-state index in [-0.39, 0.29) is 35.4 Å². The maximum absolute atomic E-state index is 14.7. The van der Waals surface area contributed by atoms with E-state index in [4.69, 9.17) is 0 Å². The number of halogens is 2. The SMILES string of the molecule is Cc1nc(-c2c[nH]c3ncc(F)cc23)nc(N[C@H](CCO)C(C)(C)C)c1F. The summed E-state index contributed by atoms with van der Waals surface area (Å²) in [6, 6.07) is 1.15. The van der Waals surface area contributed by atoms with Gasteiger partial charge in [-0.25, -0.2) is 23.7 Å². The minimum absolute atomic E-state index is 0.0269. The Hall–Kier alpha value is -2.61. The van der Waals surface area contributed by atoms with E-state index in [9.17, 15) is 13.9 Å². The number of fused-ring (bicyclic) bond motifs is 1. The van der Waals surface area contributed by atoms with E-state index in [0.29, 0.717) is 23.0 Å². The van der Waals surface area contributed by atoms with Crippen molar-refractivity contribution in [1.82, 2.24) is 19.9 Å². The monoisotopic (exact) mass is 375 g/mol. The highest BCUT2D eigenvalue weighted by Crippen LogP contribution is 2.30. The van der Waals surface area contributed by atoms with Crippen molar-refractivity contribution < 1.29 is 13.9 Å². The number of hydrogen-bond acceptors (Lipinski definition) is 5. The molecule has 3 aromatic heterocycles. The zero-order chi connectivity index (χ0) is 19.8. The van der Waals surface area contributed by atoms with Gasteiger partial charge in [-0.1, -0.05) is 20.8 Å². The van der Waals surface area contributed by atoms with Crippen molar-refractivity contribution >= 4 is 16.9 Å². The fourth-order valence-corrected chi connectivity index (χ4v) is 2.95. The minimum Gasteiger partial charge on any atom is -0.396 e. The van der Waals surface area contributed by atoms with Gasteiger partial charge in [-0.15, -0.1) is 0 Å². The highest BCUT2D eigenvalue weighted by molar-refractivity contribution is 5.91. The lowest BCUT2D eigenvalue weighted by Crippen LogP contribution is -2.35. The molecule has 0 bridgehead atoms. The summed E-state index contributed by atoms with van der Waals surface area (Å²) in [6.07, 6.45) is 3.20. The third kappa shape index (κ3) is 3.90. The first-order valence-electron chi connectivity index (χ1n) is 8.75. The number of nitrogens with zero attached hydrogens (tertiary/aromatic N) is 3. The van der Waals surface area contributed by atoms with Crippen molar-refractivity contribution in [2.45, 2.75) is 40.2 Å². The van der Waals surface area contributed by atoms with Crippen molar-refractivity contribution in [2.24, 2.45) is 5.41 Å². The lowest BCUT2D eigenvalue weighted by Gasteiger charge is -2.31. The molecule has 3 heterocycles. The van der Waals surface area contributed by atoms with Crippen LogP contribution in [-0.4, -0.2) is 37.7 Å². The second-order valence-corrected chi connectivity index (χ2v) is 7.62. The molecule has 0 aliphatic carbocycles. The molecule has 6 nitrogen and oxygen atoms in total. The van der Waals surface area contributed by atoms with Gasteiger partial charge in [0.25, 0.3) is 0 Å². The maximum Gasteiger partial charge on any atom is 0.186 e. The molecule has 0 fully saturated rings. The van der Waals surface area contributed by atoms with Crippen LogP contribution in [0.1, 0.15) is 32.9 Å². The van der Waals surface area contributed by atoms with Gasteiger partial charge in [-0.05, 0) is 24.8 Å². The largest absolute Gasteiger partial charge is 0.396 e. The molecule has 0 spiro atoms. The average molecular weight is 375 g/mol. The molecule has 0 unspecified atom stereocenters. The summed E-state index contributed by atoms with van der Waals surface area (Å²) in [4.78, 5) is 15.5. The number of aliphatic hydroxyl groups excluding tert-OH is 1. The molecule has 144 valence electrons. The number of H-pyrrole nitrogens is 1. The smallest absolute Gasteiger partial charge is 0.186 e. The molecule has 3 rings (SSSR count). The number of aryl methyl sites for hydroxylation is 1. The van der Waals surface area contributed by atoms with Crippen molar-refractivity contribution in [3.8, 4) is 11.4 Å². The first-order chi connectivity index (χ1) is 12.7. The first-order valence-corrected chi connectivity index (χ1v) is 8.75. The Kier molecular flexibility index (Phi) is 5.10. The highest BCUT2D eigenvalue weighted by atomic mass is 19.1. The third-order valence-corrected chi connectivity index (χ3v) is 4.53. The van der Waals surface area contributed by atoms with Gasteiger partial charge in [-0.3, -0.25) is 0 Å². The van der Waals surface area contributed by atoms with Crippen molar-refractivity contribution in [3.05, 3.63) is 35.8 Å². The zero-order valence-electron chi connectivity index (χ0n) is 15.8. The van der Waals surface area contributed by atoms with Crippen LogP contribution >= 0.6 is 0 Å². The fraction of sp³-hybridized carbons (Fsp3) is 0.421. The van der Waals surface area contributed by atoms with Crippen LogP contribution in [0.5, 0.6) is 0 Å². The molecular weight excluding hydrogens is 352 g/mol. The molecule has 0 aromatic carbocycles. The Morgan fingerprint density at radius 3 is 2.67 bits per heavy atom. The second-order valence-electron chi connectivity index (χ2n) is 7.62. The average Bonchev–Trinajstić information content (AvgIpc) is 3.00. The number of aliphatic hydroxyl groups is 1. The standard InChI is InChI=1S/C19H23F2N5O/c1-10-15(21)18(25-14(5-6-27)19(2,3)4)26-17(24-10)13-9-23-16-12(13)7-11(20)8-22-16/h7-9,14,27H,5-6H2,1-4H3,(H,22,23)(H,24,25,26)/t14-/m1/s1. The molecule has 0 aliphatic rings. The summed E-state index contributed by atoms with van der Waals surface area (Å²) in [5.41, 5.74) is 0.997. The maximum atomic E-state index is 14.7. The summed E-state index contributed by atoms with van der Waals surface area (Å²) in [7, 11) is 0. The molecule has 0 aliphatic heterocycles. The van der Waals surface area contributed by atoms with E-state index in [1.807, 2.05) is 20.8 Å². The zero-order valence-corrected chi connectivity index (χ0v) is 15.8. The number of aromatic amines is 1. The van der Waals surface area contributed by atoms with Crippen LogP contribution in [-0.2, 0) is 0 Å². The summed E-state index contributed by atoms with van der Waals surface area (Å²) < 4.78 is 28.3. The number of pyridine rings is 1. The predicted molar refractivity (Wildman–Crippen MR) is 100 cm³/mol. The van der Waals surface area contributed by atoms with Gasteiger partial charge in [-0.2, -0.15) is 0 Å². The van der Waals surface area contributed by atoms with Gasteiger partial charge in [0.05, 0.1) is 11.9 Å². The summed E-state index contributed by atoms with van der Waals surface area (Å²) in [5, 5.41) is 13.0. The minimum atomic E-state index is -0.546. The topological polar surface area (TPSA) is 86.7 Å².